The molecule has 8 heteroatoms. The molecular formula is C23H27N5O2S. The van der Waals surface area contributed by atoms with E-state index >= 15 is 0 Å². The van der Waals surface area contributed by atoms with Gasteiger partial charge in [0, 0.05) is 44.0 Å². The molecule has 162 valence electrons. The SMILES string of the molecule is CCOc1ccc(CN2CCN(C(=O)c3ccc(CSc4ncn[nH]4)cc3)CC2)cc1. The first-order valence-corrected chi connectivity index (χ1v) is 11.5. The van der Waals surface area contributed by atoms with Gasteiger partial charge in [-0.1, -0.05) is 36.0 Å². The molecule has 1 amide bonds. The van der Waals surface area contributed by atoms with E-state index in [1.165, 1.54) is 11.9 Å². The van der Waals surface area contributed by atoms with Gasteiger partial charge in [-0.2, -0.15) is 5.10 Å². The number of nitrogens with zero attached hydrogens (tertiary/aromatic N) is 4. The van der Waals surface area contributed by atoms with Crippen LogP contribution in [0.5, 0.6) is 5.75 Å². The lowest BCUT2D eigenvalue weighted by molar-refractivity contribution is 0.0628. The molecule has 2 heterocycles. The average molecular weight is 438 g/mol. The topological polar surface area (TPSA) is 74.3 Å². The number of aromatic nitrogens is 3. The van der Waals surface area contributed by atoms with Crippen molar-refractivity contribution in [3.05, 3.63) is 71.5 Å². The number of hydrogen-bond acceptors (Lipinski definition) is 6. The van der Waals surface area contributed by atoms with Crippen molar-refractivity contribution < 1.29 is 9.53 Å². The van der Waals surface area contributed by atoms with Crippen LogP contribution in [0.4, 0.5) is 0 Å². The van der Waals surface area contributed by atoms with E-state index in [1.54, 1.807) is 11.8 Å². The van der Waals surface area contributed by atoms with Crippen molar-refractivity contribution in [3.8, 4) is 5.75 Å². The molecule has 31 heavy (non-hydrogen) atoms. The fourth-order valence-electron chi connectivity index (χ4n) is 3.57. The molecule has 1 fully saturated rings. The number of carbonyl (C=O) groups is 1. The zero-order valence-corrected chi connectivity index (χ0v) is 18.5. The molecular weight excluding hydrogens is 410 g/mol. The minimum Gasteiger partial charge on any atom is -0.494 e. The molecule has 0 radical (unpaired) electrons. The molecule has 0 saturated carbocycles. The van der Waals surface area contributed by atoms with Crippen LogP contribution in [0.3, 0.4) is 0 Å². The molecule has 1 saturated heterocycles. The molecule has 1 aliphatic rings. The molecule has 1 N–H and O–H groups in total. The lowest BCUT2D eigenvalue weighted by Gasteiger charge is -2.34. The Labute approximate surface area is 186 Å². The zero-order chi connectivity index (χ0) is 21.5. The van der Waals surface area contributed by atoms with Gasteiger partial charge in [-0.15, -0.1) is 0 Å². The fraction of sp³-hybridized carbons (Fsp3) is 0.348. The third-order valence-electron chi connectivity index (χ3n) is 5.27. The van der Waals surface area contributed by atoms with Crippen LogP contribution in [0, 0.1) is 0 Å². The summed E-state index contributed by atoms with van der Waals surface area (Å²) in [5.74, 6) is 1.80. The lowest BCUT2D eigenvalue weighted by atomic mass is 10.1. The summed E-state index contributed by atoms with van der Waals surface area (Å²) < 4.78 is 5.51. The van der Waals surface area contributed by atoms with Crippen molar-refractivity contribution >= 4 is 17.7 Å². The number of H-pyrrole nitrogens is 1. The molecule has 0 aliphatic carbocycles. The summed E-state index contributed by atoms with van der Waals surface area (Å²) in [4.78, 5) is 21.3. The zero-order valence-electron chi connectivity index (χ0n) is 17.7. The van der Waals surface area contributed by atoms with Crippen LogP contribution in [0.2, 0.25) is 0 Å². The summed E-state index contributed by atoms with van der Waals surface area (Å²) in [6.07, 6.45) is 1.50. The van der Waals surface area contributed by atoms with Crippen LogP contribution in [0.1, 0.15) is 28.4 Å². The molecule has 2 aromatic carbocycles. The van der Waals surface area contributed by atoms with Gasteiger partial charge in [-0.25, -0.2) is 4.98 Å². The number of amides is 1. The second-order valence-electron chi connectivity index (χ2n) is 7.42. The summed E-state index contributed by atoms with van der Waals surface area (Å²) in [5, 5.41) is 7.48. The first kappa shape index (κ1) is 21.4. The van der Waals surface area contributed by atoms with E-state index < -0.39 is 0 Å². The van der Waals surface area contributed by atoms with Gasteiger partial charge in [0.1, 0.15) is 12.1 Å². The second-order valence-corrected chi connectivity index (χ2v) is 8.39. The Hall–Kier alpha value is -2.84. The molecule has 0 unspecified atom stereocenters. The van der Waals surface area contributed by atoms with Crippen molar-refractivity contribution in [1.29, 1.82) is 0 Å². The number of ether oxygens (including phenoxy) is 1. The highest BCUT2D eigenvalue weighted by Gasteiger charge is 2.22. The molecule has 1 aliphatic heterocycles. The molecule has 1 aromatic heterocycles. The highest BCUT2D eigenvalue weighted by atomic mass is 32.2. The van der Waals surface area contributed by atoms with Gasteiger partial charge in [-0.3, -0.25) is 14.8 Å². The summed E-state index contributed by atoms with van der Waals surface area (Å²) >= 11 is 1.59. The van der Waals surface area contributed by atoms with Crippen molar-refractivity contribution in [2.45, 2.75) is 24.4 Å². The number of rotatable bonds is 8. The van der Waals surface area contributed by atoms with Crippen molar-refractivity contribution in [2.75, 3.05) is 32.8 Å². The van der Waals surface area contributed by atoms with Crippen LogP contribution in [0.15, 0.2) is 60.0 Å². The summed E-state index contributed by atoms with van der Waals surface area (Å²) in [7, 11) is 0. The van der Waals surface area contributed by atoms with Gasteiger partial charge in [0.2, 0.25) is 0 Å². The largest absolute Gasteiger partial charge is 0.494 e. The second kappa shape index (κ2) is 10.5. The number of piperazine rings is 1. The maximum absolute atomic E-state index is 12.9. The van der Waals surface area contributed by atoms with Crippen molar-refractivity contribution in [2.24, 2.45) is 0 Å². The van der Waals surface area contributed by atoms with Gasteiger partial charge in [-0.05, 0) is 42.3 Å². The maximum Gasteiger partial charge on any atom is 0.253 e. The van der Waals surface area contributed by atoms with Crippen LogP contribution in [-0.2, 0) is 12.3 Å². The highest BCUT2D eigenvalue weighted by Crippen LogP contribution is 2.20. The van der Waals surface area contributed by atoms with Gasteiger partial charge >= 0.3 is 0 Å². The van der Waals surface area contributed by atoms with Crippen LogP contribution in [-0.4, -0.2) is 63.7 Å². The number of aromatic amines is 1. The Balaban J connectivity index is 1.24. The Morgan fingerprint density at radius 1 is 1.03 bits per heavy atom. The predicted molar refractivity (Wildman–Crippen MR) is 121 cm³/mol. The summed E-state index contributed by atoms with van der Waals surface area (Å²) in [6.45, 7) is 6.82. The summed E-state index contributed by atoms with van der Waals surface area (Å²) in [6, 6.07) is 16.1. The molecule has 4 rings (SSSR count). The normalized spacial score (nSPS) is 14.5. The molecule has 3 aromatic rings. The molecule has 0 atom stereocenters. The minimum atomic E-state index is 0.107. The number of thioether (sulfide) groups is 1. The lowest BCUT2D eigenvalue weighted by Crippen LogP contribution is -2.48. The van der Waals surface area contributed by atoms with E-state index in [2.05, 4.69) is 32.2 Å². The Bertz CT molecular complexity index is 953. The molecule has 0 bridgehead atoms. The Kier molecular flexibility index (Phi) is 7.22. The van der Waals surface area contributed by atoms with Crippen molar-refractivity contribution in [1.82, 2.24) is 25.0 Å². The third-order valence-corrected chi connectivity index (χ3v) is 6.22. The quantitative estimate of drug-likeness (QED) is 0.544. The van der Waals surface area contributed by atoms with E-state index in [1.807, 2.05) is 48.2 Å². The number of carbonyl (C=O) groups excluding carboxylic acids is 1. The average Bonchev–Trinajstić information content (AvgIpc) is 3.33. The van der Waals surface area contributed by atoms with Crippen molar-refractivity contribution in [3.63, 3.8) is 0 Å². The maximum atomic E-state index is 12.9. The highest BCUT2D eigenvalue weighted by molar-refractivity contribution is 7.98. The van der Waals surface area contributed by atoms with Gasteiger partial charge in [0.05, 0.1) is 6.61 Å². The Morgan fingerprint density at radius 2 is 1.74 bits per heavy atom. The monoisotopic (exact) mass is 437 g/mol. The van der Waals surface area contributed by atoms with E-state index in [4.69, 9.17) is 4.74 Å². The number of benzene rings is 2. The fourth-order valence-corrected chi connectivity index (χ4v) is 4.30. The van der Waals surface area contributed by atoms with Gasteiger partial charge < -0.3 is 9.64 Å². The molecule has 7 nitrogen and oxygen atoms in total. The first-order chi connectivity index (χ1) is 15.2. The van der Waals surface area contributed by atoms with Crippen LogP contribution >= 0.6 is 11.8 Å². The van der Waals surface area contributed by atoms with E-state index in [9.17, 15) is 4.79 Å². The minimum absolute atomic E-state index is 0.107. The standard InChI is InChI=1S/C23H27N5O2S/c1-2-30-21-9-5-18(6-10-21)15-27-11-13-28(14-12-27)22(29)20-7-3-19(4-8-20)16-31-23-24-17-25-26-23/h3-10,17H,2,11-16H2,1H3,(H,24,25,26). The van der Waals surface area contributed by atoms with E-state index in [-0.39, 0.29) is 5.91 Å². The molecule has 0 spiro atoms. The van der Waals surface area contributed by atoms with Crippen LogP contribution in [0.25, 0.3) is 0 Å². The van der Waals surface area contributed by atoms with E-state index in [0.29, 0.717) is 6.61 Å². The predicted octanol–water partition coefficient (Wildman–Crippen LogP) is 3.45. The van der Waals surface area contributed by atoms with E-state index in [0.717, 1.165) is 60.5 Å². The number of hydrogen-bond donors (Lipinski definition) is 1. The first-order valence-electron chi connectivity index (χ1n) is 10.5. The van der Waals surface area contributed by atoms with Crippen LogP contribution < -0.4 is 4.74 Å². The van der Waals surface area contributed by atoms with Gasteiger partial charge in [0.15, 0.2) is 5.16 Å². The smallest absolute Gasteiger partial charge is 0.253 e. The summed E-state index contributed by atoms with van der Waals surface area (Å²) in [5.41, 5.74) is 3.16. The third kappa shape index (κ3) is 5.86. The van der Waals surface area contributed by atoms with Gasteiger partial charge in [0.25, 0.3) is 5.91 Å². The number of nitrogens with one attached hydrogen (secondary N) is 1. The Morgan fingerprint density at radius 3 is 2.39 bits per heavy atom.